The van der Waals surface area contributed by atoms with Gasteiger partial charge in [0, 0.05) is 25.5 Å². The minimum atomic E-state index is -0.485. The molecule has 2 aromatic rings. The summed E-state index contributed by atoms with van der Waals surface area (Å²) in [7, 11) is 0. The molecule has 1 aliphatic carbocycles. The normalized spacial score (nSPS) is 18.6. The van der Waals surface area contributed by atoms with Crippen LogP contribution in [-0.2, 0) is 17.7 Å². The maximum absolute atomic E-state index is 10.1. The fourth-order valence-electron chi connectivity index (χ4n) is 3.06. The predicted molar refractivity (Wildman–Crippen MR) is 89.2 cm³/mol. The number of ether oxygens (including phenoxy) is 1. The molecule has 0 spiro atoms. The lowest BCUT2D eigenvalue weighted by Crippen LogP contribution is -2.33. The highest BCUT2D eigenvalue weighted by molar-refractivity contribution is 5.31. The van der Waals surface area contributed by atoms with Crippen molar-refractivity contribution in [3.63, 3.8) is 0 Å². The average Bonchev–Trinajstić information content (AvgIpc) is 3.10. The molecular weight excluding hydrogens is 290 g/mol. The molecule has 2 atom stereocenters. The van der Waals surface area contributed by atoms with Gasteiger partial charge >= 0.3 is 0 Å². The van der Waals surface area contributed by atoms with Crippen molar-refractivity contribution in [1.82, 2.24) is 15.1 Å². The maximum atomic E-state index is 10.1. The van der Waals surface area contributed by atoms with Crippen LogP contribution in [0.1, 0.15) is 30.1 Å². The van der Waals surface area contributed by atoms with Crippen LogP contribution in [-0.4, -0.2) is 40.7 Å². The molecule has 1 aromatic heterocycles. The molecule has 0 radical (unpaired) electrons. The minimum Gasteiger partial charge on any atom is -0.389 e. The number of aliphatic hydroxyl groups excluding tert-OH is 1. The summed E-state index contributed by atoms with van der Waals surface area (Å²) < 4.78 is 7.84. The molecular formula is C18H25N3O2. The van der Waals surface area contributed by atoms with Gasteiger partial charge < -0.3 is 15.2 Å². The van der Waals surface area contributed by atoms with Gasteiger partial charge in [0.25, 0.3) is 0 Å². The van der Waals surface area contributed by atoms with Crippen LogP contribution in [0.2, 0.25) is 0 Å². The molecule has 2 N–H and O–H groups in total. The highest BCUT2D eigenvalue weighted by atomic mass is 16.5. The van der Waals surface area contributed by atoms with Gasteiger partial charge in [-0.15, -0.1) is 0 Å². The van der Waals surface area contributed by atoms with E-state index in [0.29, 0.717) is 13.2 Å². The Labute approximate surface area is 137 Å². The van der Waals surface area contributed by atoms with Crippen molar-refractivity contribution >= 4 is 0 Å². The number of fused-ring (bicyclic) bond motifs is 1. The van der Waals surface area contributed by atoms with Gasteiger partial charge in [-0.25, -0.2) is 0 Å². The second kappa shape index (κ2) is 8.24. The lowest BCUT2D eigenvalue weighted by molar-refractivity contribution is -0.0167. The molecule has 5 nitrogen and oxygen atoms in total. The van der Waals surface area contributed by atoms with E-state index in [-0.39, 0.29) is 6.10 Å². The summed E-state index contributed by atoms with van der Waals surface area (Å²) in [5.74, 6) is 0. The van der Waals surface area contributed by atoms with Crippen LogP contribution in [0.3, 0.4) is 0 Å². The topological polar surface area (TPSA) is 59.3 Å². The number of benzene rings is 1. The van der Waals surface area contributed by atoms with Gasteiger partial charge in [0.2, 0.25) is 0 Å². The lowest BCUT2D eigenvalue weighted by atomic mass is 9.89. The molecule has 0 aliphatic heterocycles. The molecule has 3 rings (SSSR count). The van der Waals surface area contributed by atoms with Crippen molar-refractivity contribution in [2.45, 2.75) is 38.0 Å². The van der Waals surface area contributed by atoms with E-state index in [0.717, 1.165) is 32.4 Å². The second-order valence-corrected chi connectivity index (χ2v) is 6.04. The average molecular weight is 315 g/mol. The third-order valence-electron chi connectivity index (χ3n) is 4.26. The van der Waals surface area contributed by atoms with E-state index in [4.69, 9.17) is 4.74 Å². The number of rotatable bonds is 8. The Morgan fingerprint density at radius 2 is 2.26 bits per heavy atom. The van der Waals surface area contributed by atoms with E-state index in [1.54, 1.807) is 6.20 Å². The maximum Gasteiger partial charge on any atom is 0.0897 e. The Morgan fingerprint density at radius 3 is 3.13 bits per heavy atom. The minimum absolute atomic E-state index is 0.124. The summed E-state index contributed by atoms with van der Waals surface area (Å²) >= 11 is 0. The third-order valence-corrected chi connectivity index (χ3v) is 4.26. The number of aliphatic hydroxyl groups is 1. The van der Waals surface area contributed by atoms with Gasteiger partial charge in [0.05, 0.1) is 25.4 Å². The van der Waals surface area contributed by atoms with Crippen molar-refractivity contribution in [3.05, 3.63) is 53.9 Å². The van der Waals surface area contributed by atoms with Crippen molar-refractivity contribution < 1.29 is 9.84 Å². The Morgan fingerprint density at radius 1 is 1.35 bits per heavy atom. The predicted octanol–water partition coefficient (Wildman–Crippen LogP) is 1.93. The summed E-state index contributed by atoms with van der Waals surface area (Å²) in [6, 6.07) is 10.4. The van der Waals surface area contributed by atoms with Crippen LogP contribution >= 0.6 is 0 Å². The van der Waals surface area contributed by atoms with Crippen LogP contribution in [0.25, 0.3) is 0 Å². The first-order valence-corrected chi connectivity index (χ1v) is 8.38. The molecule has 124 valence electrons. The highest BCUT2D eigenvalue weighted by Crippen LogP contribution is 2.32. The van der Waals surface area contributed by atoms with Crippen molar-refractivity contribution in [2.24, 2.45) is 0 Å². The molecule has 0 unspecified atom stereocenters. The molecule has 0 fully saturated rings. The van der Waals surface area contributed by atoms with E-state index >= 15 is 0 Å². The molecule has 5 heteroatoms. The van der Waals surface area contributed by atoms with Crippen LogP contribution in [0.15, 0.2) is 42.7 Å². The first-order chi connectivity index (χ1) is 11.3. The quantitative estimate of drug-likeness (QED) is 0.731. The Bertz CT molecular complexity index is 586. The van der Waals surface area contributed by atoms with Gasteiger partial charge in [-0.1, -0.05) is 24.3 Å². The van der Waals surface area contributed by atoms with Gasteiger partial charge in [-0.05, 0) is 36.5 Å². The number of aromatic nitrogens is 2. The van der Waals surface area contributed by atoms with Crippen molar-refractivity contribution in [3.8, 4) is 0 Å². The zero-order valence-electron chi connectivity index (χ0n) is 13.4. The van der Waals surface area contributed by atoms with Crippen molar-refractivity contribution in [2.75, 3.05) is 19.7 Å². The molecule has 0 saturated heterocycles. The SMILES string of the molecule is O[C@@H](CNCCn1cccn1)CO[C@@H]1CCCc2ccccc21. The van der Waals surface area contributed by atoms with Gasteiger partial charge in [0.1, 0.15) is 0 Å². The number of nitrogens with zero attached hydrogens (tertiary/aromatic N) is 2. The van der Waals surface area contributed by atoms with E-state index in [2.05, 4.69) is 34.7 Å². The fraction of sp³-hybridized carbons (Fsp3) is 0.500. The monoisotopic (exact) mass is 315 g/mol. The van der Waals surface area contributed by atoms with Crippen LogP contribution in [0, 0.1) is 0 Å². The third kappa shape index (κ3) is 4.64. The second-order valence-electron chi connectivity index (χ2n) is 6.04. The van der Waals surface area contributed by atoms with E-state index < -0.39 is 6.10 Å². The fourth-order valence-corrected chi connectivity index (χ4v) is 3.06. The lowest BCUT2D eigenvalue weighted by Gasteiger charge is -2.26. The van der Waals surface area contributed by atoms with Crippen molar-refractivity contribution in [1.29, 1.82) is 0 Å². The summed E-state index contributed by atoms with van der Waals surface area (Å²) in [5.41, 5.74) is 2.67. The smallest absolute Gasteiger partial charge is 0.0897 e. The molecule has 0 bridgehead atoms. The zero-order valence-corrected chi connectivity index (χ0v) is 13.4. The molecule has 0 amide bonds. The Kier molecular flexibility index (Phi) is 5.80. The first kappa shape index (κ1) is 16.2. The van der Waals surface area contributed by atoms with Gasteiger partial charge in [-0.2, -0.15) is 5.10 Å². The number of hydrogen-bond acceptors (Lipinski definition) is 4. The van der Waals surface area contributed by atoms with E-state index in [9.17, 15) is 5.11 Å². The Balaban J connectivity index is 1.37. The standard InChI is InChI=1S/C18H25N3O2/c22-16(13-19-10-12-21-11-4-9-20-21)14-23-18-8-3-6-15-5-1-2-7-17(15)18/h1-2,4-5,7,9,11,16,18-19,22H,3,6,8,10,12-14H2/t16-,18+/m0/s1. The highest BCUT2D eigenvalue weighted by Gasteiger charge is 2.21. The van der Waals surface area contributed by atoms with Gasteiger partial charge in [-0.3, -0.25) is 4.68 Å². The van der Waals surface area contributed by atoms with Crippen LogP contribution in [0.5, 0.6) is 0 Å². The van der Waals surface area contributed by atoms with E-state index in [1.807, 2.05) is 16.9 Å². The number of hydrogen-bond donors (Lipinski definition) is 2. The number of nitrogens with one attached hydrogen (secondary N) is 1. The largest absolute Gasteiger partial charge is 0.389 e. The number of aryl methyl sites for hydroxylation is 1. The summed E-state index contributed by atoms with van der Waals surface area (Å²) in [6.45, 7) is 2.49. The van der Waals surface area contributed by atoms with Crippen LogP contribution in [0.4, 0.5) is 0 Å². The molecule has 1 heterocycles. The first-order valence-electron chi connectivity index (χ1n) is 8.38. The molecule has 0 saturated carbocycles. The zero-order chi connectivity index (χ0) is 15.9. The van der Waals surface area contributed by atoms with E-state index in [1.165, 1.54) is 11.1 Å². The molecule has 23 heavy (non-hydrogen) atoms. The van der Waals surface area contributed by atoms with Crippen LogP contribution < -0.4 is 5.32 Å². The summed E-state index contributed by atoms with van der Waals surface area (Å²) in [4.78, 5) is 0. The summed E-state index contributed by atoms with van der Waals surface area (Å²) in [6.07, 6.45) is 6.66. The molecule has 1 aliphatic rings. The van der Waals surface area contributed by atoms with Gasteiger partial charge in [0.15, 0.2) is 0 Å². The summed E-state index contributed by atoms with van der Waals surface area (Å²) in [5, 5.41) is 17.5. The Hall–Kier alpha value is -1.69. The molecule has 1 aromatic carbocycles.